The van der Waals surface area contributed by atoms with Crippen LogP contribution in [-0.4, -0.2) is 41.8 Å². The monoisotopic (exact) mass is 426 g/mol. The quantitative estimate of drug-likeness (QED) is 0.530. The molecule has 0 heterocycles. The van der Waals surface area contributed by atoms with Crippen molar-refractivity contribution in [1.29, 1.82) is 0 Å². The smallest absolute Gasteiger partial charge is 0.304 e. The van der Waals surface area contributed by atoms with Crippen molar-refractivity contribution in [2.75, 3.05) is 0 Å². The lowest BCUT2D eigenvalue weighted by molar-refractivity contribution is -0.495. The summed E-state index contributed by atoms with van der Waals surface area (Å²) in [6, 6.07) is 0. The van der Waals surface area contributed by atoms with E-state index in [1.807, 2.05) is 0 Å². The molecule has 1 nitrogen and oxygen atoms in total. The Balaban J connectivity index is 3.76. The number of rotatable bonds is 2. The lowest BCUT2D eigenvalue weighted by Gasteiger charge is -2.43. The molecule has 0 spiro atoms. The topological polar surface area (TPSA) is 9.23 Å². The molecule has 0 aromatic carbocycles. The summed E-state index contributed by atoms with van der Waals surface area (Å²) >= 11 is 4.44. The van der Waals surface area contributed by atoms with Crippen molar-refractivity contribution < 1.29 is 66.2 Å². The van der Waals surface area contributed by atoms with Crippen molar-refractivity contribution in [2.24, 2.45) is 0 Å². The molecule has 1 atom stereocenters. The van der Waals surface area contributed by atoms with Crippen LogP contribution >= 0.6 is 11.6 Å². The van der Waals surface area contributed by atoms with Gasteiger partial charge >= 0.3 is 41.8 Å². The summed E-state index contributed by atoms with van der Waals surface area (Å²) in [7, 11) is 0. The minimum Gasteiger partial charge on any atom is -0.304 e. The largest absolute Gasteiger partial charge is 0.435 e. The van der Waals surface area contributed by atoms with Gasteiger partial charge in [-0.3, -0.25) is 0 Å². The first kappa shape index (κ1) is 22.1. The molecule has 0 saturated carbocycles. The molecule has 0 N–H and O–H groups in total. The summed E-state index contributed by atoms with van der Waals surface area (Å²) in [5.41, 5.74) is -7.57. The highest BCUT2D eigenvalue weighted by Crippen LogP contribution is 2.63. The van der Waals surface area contributed by atoms with Crippen LogP contribution in [0.5, 0.6) is 0 Å². The van der Waals surface area contributed by atoms with Crippen molar-refractivity contribution >= 4 is 11.6 Å². The van der Waals surface area contributed by atoms with Crippen LogP contribution in [0.2, 0.25) is 0 Å². The normalized spacial score (nSPS) is 27.4. The second-order valence-corrected chi connectivity index (χ2v) is 4.97. The first-order valence-corrected chi connectivity index (χ1v) is 5.70. The van der Waals surface area contributed by atoms with Gasteiger partial charge in [0.2, 0.25) is 0 Å². The van der Waals surface area contributed by atoms with Crippen molar-refractivity contribution in [3.05, 3.63) is 11.1 Å². The van der Waals surface area contributed by atoms with E-state index in [0.29, 0.717) is 0 Å². The second-order valence-electron chi connectivity index (χ2n) is 4.56. The van der Waals surface area contributed by atoms with Gasteiger partial charge in [0, 0.05) is 6.08 Å². The van der Waals surface area contributed by atoms with Crippen molar-refractivity contribution in [2.45, 2.75) is 41.8 Å². The molecule has 0 aliphatic heterocycles. The van der Waals surface area contributed by atoms with E-state index in [1.54, 1.807) is 0 Å². The SMILES string of the molecule is FC(F)(F)C(OC1(F)C(Cl)=CC(F)(F)C1(F)F)(C(F)(F)F)C(F)(F)F. The third kappa shape index (κ3) is 2.73. The van der Waals surface area contributed by atoms with Gasteiger partial charge in [0.25, 0.3) is 0 Å². The lowest BCUT2D eigenvalue weighted by atomic mass is 10.00. The Morgan fingerprint density at radius 2 is 1.04 bits per heavy atom. The van der Waals surface area contributed by atoms with Gasteiger partial charge in [-0.1, -0.05) is 11.6 Å². The molecular formula is C9HClF14O. The zero-order valence-electron chi connectivity index (χ0n) is 10.7. The standard InChI is InChI=1S/C9HClF14O/c10-2-1-3(11,12)6(14,15)4(2,13)25-5(7(16,17)18,8(19,20)21)9(22,23)24/h1H. The third-order valence-corrected chi connectivity index (χ3v) is 3.28. The number of ether oxygens (including phenoxy) is 1. The highest BCUT2D eigenvalue weighted by molar-refractivity contribution is 6.31. The van der Waals surface area contributed by atoms with Crippen LogP contribution in [0.4, 0.5) is 61.5 Å². The molecule has 1 aliphatic rings. The first-order chi connectivity index (χ1) is 10.6. The average Bonchev–Trinajstić information content (AvgIpc) is 2.39. The summed E-state index contributed by atoms with van der Waals surface area (Å²) < 4.78 is 181. The number of hydrogen-bond acceptors (Lipinski definition) is 1. The minimum atomic E-state index is -7.63. The van der Waals surface area contributed by atoms with E-state index in [2.05, 4.69) is 16.3 Å². The highest BCUT2D eigenvalue weighted by atomic mass is 35.5. The summed E-state index contributed by atoms with van der Waals surface area (Å²) in [5.74, 6) is -18.7. The van der Waals surface area contributed by atoms with Crippen LogP contribution in [0, 0.1) is 0 Å². The van der Waals surface area contributed by atoms with E-state index in [0.717, 1.165) is 0 Å². The van der Waals surface area contributed by atoms with Gasteiger partial charge in [-0.15, -0.1) is 0 Å². The Morgan fingerprint density at radius 3 is 1.24 bits per heavy atom. The van der Waals surface area contributed by atoms with Crippen molar-refractivity contribution in [3.8, 4) is 0 Å². The molecule has 0 fully saturated rings. The van der Waals surface area contributed by atoms with E-state index >= 15 is 0 Å². The highest BCUT2D eigenvalue weighted by Gasteiger charge is 2.90. The second kappa shape index (κ2) is 5.27. The zero-order valence-corrected chi connectivity index (χ0v) is 11.4. The summed E-state index contributed by atoms with van der Waals surface area (Å²) in [5, 5.41) is -2.83. The van der Waals surface area contributed by atoms with Crippen LogP contribution < -0.4 is 0 Å². The average molecular weight is 427 g/mol. The zero-order chi connectivity index (χ0) is 20.5. The van der Waals surface area contributed by atoms with Gasteiger partial charge in [0.05, 0.1) is 5.03 Å². The van der Waals surface area contributed by atoms with E-state index in [9.17, 15) is 61.5 Å². The van der Waals surface area contributed by atoms with E-state index in [-0.39, 0.29) is 0 Å². The first-order valence-electron chi connectivity index (χ1n) is 5.32. The van der Waals surface area contributed by atoms with E-state index < -0.39 is 52.9 Å². The van der Waals surface area contributed by atoms with Gasteiger partial charge in [-0.25, -0.2) is 0 Å². The van der Waals surface area contributed by atoms with Gasteiger partial charge in [-0.2, -0.15) is 61.5 Å². The molecule has 25 heavy (non-hydrogen) atoms. The molecule has 0 saturated heterocycles. The molecule has 0 radical (unpaired) electrons. The maximum absolute atomic E-state index is 13.9. The van der Waals surface area contributed by atoms with E-state index in [4.69, 9.17) is 0 Å². The number of halogens is 15. The Labute approximate surface area is 132 Å². The van der Waals surface area contributed by atoms with Crippen LogP contribution in [0.25, 0.3) is 0 Å². The number of allylic oxidation sites excluding steroid dienone is 1. The molecule has 0 aromatic rings. The van der Waals surface area contributed by atoms with Crippen LogP contribution in [0.15, 0.2) is 11.1 Å². The summed E-state index contributed by atoms with van der Waals surface area (Å²) in [6.07, 6.45) is -24.3. The molecular weight excluding hydrogens is 426 g/mol. The fraction of sp³-hybridized carbons (Fsp3) is 0.778. The van der Waals surface area contributed by atoms with Gasteiger partial charge < -0.3 is 4.74 Å². The van der Waals surface area contributed by atoms with Gasteiger partial charge in [0.1, 0.15) is 0 Å². The Morgan fingerprint density at radius 1 is 0.720 bits per heavy atom. The molecule has 1 unspecified atom stereocenters. The van der Waals surface area contributed by atoms with Crippen LogP contribution in [-0.2, 0) is 4.74 Å². The predicted octanol–water partition coefficient (Wildman–Crippen LogP) is 5.50. The van der Waals surface area contributed by atoms with Crippen LogP contribution in [0.3, 0.4) is 0 Å². The van der Waals surface area contributed by atoms with Gasteiger partial charge in [0.15, 0.2) is 0 Å². The molecule has 0 aromatic heterocycles. The molecule has 1 aliphatic carbocycles. The number of hydrogen-bond donors (Lipinski definition) is 0. The molecule has 1 rings (SSSR count). The maximum Gasteiger partial charge on any atom is 0.435 e. The van der Waals surface area contributed by atoms with E-state index in [1.165, 1.54) is 0 Å². The fourth-order valence-corrected chi connectivity index (χ4v) is 1.98. The summed E-state index contributed by atoms with van der Waals surface area (Å²) in [4.78, 5) is 0. The van der Waals surface area contributed by atoms with Crippen LogP contribution in [0.1, 0.15) is 0 Å². The molecule has 0 amide bonds. The fourth-order valence-electron chi connectivity index (χ4n) is 1.69. The maximum atomic E-state index is 13.9. The Bertz CT molecular complexity index is 532. The Kier molecular flexibility index (Phi) is 4.64. The lowest BCUT2D eigenvalue weighted by Crippen LogP contribution is -2.72. The van der Waals surface area contributed by atoms with Crippen molar-refractivity contribution in [1.82, 2.24) is 0 Å². The molecule has 0 bridgehead atoms. The predicted molar refractivity (Wildman–Crippen MR) is 49.6 cm³/mol. The minimum absolute atomic E-state index is 1.36. The molecule has 16 heteroatoms. The van der Waals surface area contributed by atoms with Crippen molar-refractivity contribution in [3.63, 3.8) is 0 Å². The summed E-state index contributed by atoms with van der Waals surface area (Å²) in [6.45, 7) is 0. The molecule has 148 valence electrons. The number of alkyl halides is 14. The van der Waals surface area contributed by atoms with Gasteiger partial charge in [-0.05, 0) is 0 Å². The Hall–Kier alpha value is -0.990. The third-order valence-electron chi connectivity index (χ3n) is 2.93.